The Bertz CT molecular complexity index is 297. The lowest BCUT2D eigenvalue weighted by molar-refractivity contribution is -0.0150. The molecule has 0 aliphatic rings. The molecule has 0 fully saturated rings. The normalized spacial score (nSPS) is 11.8. The summed E-state index contributed by atoms with van der Waals surface area (Å²) in [5.41, 5.74) is 0.644. The molecule has 0 spiro atoms. The molecule has 0 saturated carbocycles. The average molecular weight is 261 g/mol. The van der Waals surface area contributed by atoms with Crippen molar-refractivity contribution >= 4 is 15.9 Å². The predicted octanol–water partition coefficient (Wildman–Crippen LogP) is 3.90. The summed E-state index contributed by atoms with van der Waals surface area (Å²) in [6.45, 7) is 6.35. The van der Waals surface area contributed by atoms with Crippen molar-refractivity contribution in [2.45, 2.75) is 33.0 Å². The second kappa shape index (κ2) is 4.41. The minimum Gasteiger partial charge on any atom is -0.371 e. The van der Waals surface area contributed by atoms with E-state index in [4.69, 9.17) is 4.74 Å². The van der Waals surface area contributed by atoms with Gasteiger partial charge in [-0.05, 0) is 44.5 Å². The summed E-state index contributed by atoms with van der Waals surface area (Å²) in [6, 6.07) is 4.77. The van der Waals surface area contributed by atoms with Gasteiger partial charge in [-0.1, -0.05) is 15.9 Å². The minimum atomic E-state index is -0.244. The third-order valence-electron chi connectivity index (χ3n) is 1.59. The second-order valence-corrected chi connectivity index (χ2v) is 5.09. The van der Waals surface area contributed by atoms with Crippen LogP contribution in [0.2, 0.25) is 0 Å². The summed E-state index contributed by atoms with van der Waals surface area (Å²) in [5, 5.41) is 0. The van der Waals surface area contributed by atoms with Crippen LogP contribution in [0, 0.1) is 5.82 Å². The van der Waals surface area contributed by atoms with Gasteiger partial charge >= 0.3 is 0 Å². The Morgan fingerprint density at radius 1 is 1.29 bits per heavy atom. The van der Waals surface area contributed by atoms with Gasteiger partial charge in [0.2, 0.25) is 0 Å². The average Bonchev–Trinajstić information content (AvgIpc) is 1.97. The van der Waals surface area contributed by atoms with E-state index in [1.54, 1.807) is 0 Å². The molecular weight excluding hydrogens is 247 g/mol. The highest BCUT2D eigenvalue weighted by molar-refractivity contribution is 9.10. The predicted molar refractivity (Wildman–Crippen MR) is 58.6 cm³/mol. The van der Waals surface area contributed by atoms with E-state index < -0.39 is 0 Å². The summed E-state index contributed by atoms with van der Waals surface area (Å²) in [4.78, 5) is 0. The van der Waals surface area contributed by atoms with Crippen molar-refractivity contribution in [3.63, 3.8) is 0 Å². The van der Waals surface area contributed by atoms with Gasteiger partial charge in [-0.3, -0.25) is 0 Å². The lowest BCUT2D eigenvalue weighted by atomic mass is 10.2. The zero-order chi connectivity index (χ0) is 10.8. The van der Waals surface area contributed by atoms with Gasteiger partial charge in [0.15, 0.2) is 0 Å². The number of hydrogen-bond acceptors (Lipinski definition) is 1. The molecule has 1 aromatic carbocycles. The van der Waals surface area contributed by atoms with Crippen LogP contribution in [0.5, 0.6) is 0 Å². The Kier molecular flexibility index (Phi) is 3.67. The number of benzene rings is 1. The summed E-state index contributed by atoms with van der Waals surface area (Å²) in [5.74, 6) is -0.244. The van der Waals surface area contributed by atoms with Crippen LogP contribution in [0.3, 0.4) is 0 Å². The molecule has 1 nitrogen and oxygen atoms in total. The Morgan fingerprint density at radius 3 is 2.43 bits per heavy atom. The van der Waals surface area contributed by atoms with Gasteiger partial charge < -0.3 is 4.74 Å². The Morgan fingerprint density at radius 2 is 1.93 bits per heavy atom. The summed E-state index contributed by atoms with van der Waals surface area (Å²) in [6.07, 6.45) is 0. The Labute approximate surface area is 92.4 Å². The lowest BCUT2D eigenvalue weighted by Gasteiger charge is -2.19. The highest BCUT2D eigenvalue weighted by atomic mass is 79.9. The third-order valence-corrected chi connectivity index (χ3v) is 2.05. The van der Waals surface area contributed by atoms with Gasteiger partial charge in [-0.15, -0.1) is 0 Å². The minimum absolute atomic E-state index is 0.196. The smallest absolute Gasteiger partial charge is 0.124 e. The largest absolute Gasteiger partial charge is 0.371 e. The highest BCUT2D eigenvalue weighted by Gasteiger charge is 2.10. The number of halogens is 2. The van der Waals surface area contributed by atoms with Crippen molar-refractivity contribution in [1.82, 2.24) is 0 Å². The van der Waals surface area contributed by atoms with E-state index in [0.29, 0.717) is 6.61 Å². The molecule has 14 heavy (non-hydrogen) atoms. The van der Waals surface area contributed by atoms with Gasteiger partial charge in [0.05, 0.1) is 12.2 Å². The topological polar surface area (TPSA) is 9.23 Å². The van der Waals surface area contributed by atoms with Crippen molar-refractivity contribution in [2.75, 3.05) is 0 Å². The van der Waals surface area contributed by atoms with Gasteiger partial charge in [0, 0.05) is 4.47 Å². The first-order valence-electron chi connectivity index (χ1n) is 4.46. The third kappa shape index (κ3) is 4.20. The van der Waals surface area contributed by atoms with Crippen LogP contribution in [0.1, 0.15) is 26.3 Å². The summed E-state index contributed by atoms with van der Waals surface area (Å²) in [7, 11) is 0. The standard InChI is InChI=1S/C11H14BrFO/c1-11(2,3)14-7-8-4-9(12)6-10(13)5-8/h4-6H,7H2,1-3H3. The van der Waals surface area contributed by atoms with E-state index in [2.05, 4.69) is 15.9 Å². The molecule has 1 aromatic rings. The van der Waals surface area contributed by atoms with E-state index in [0.717, 1.165) is 10.0 Å². The maximum Gasteiger partial charge on any atom is 0.124 e. The zero-order valence-corrected chi connectivity index (χ0v) is 10.2. The van der Waals surface area contributed by atoms with Crippen LogP contribution in [0.4, 0.5) is 4.39 Å². The molecule has 3 heteroatoms. The Hall–Kier alpha value is -0.410. The number of rotatable bonds is 2. The maximum atomic E-state index is 13.0. The van der Waals surface area contributed by atoms with Crippen LogP contribution in [0.15, 0.2) is 22.7 Å². The van der Waals surface area contributed by atoms with Crippen LogP contribution in [0.25, 0.3) is 0 Å². The van der Waals surface area contributed by atoms with Crippen LogP contribution in [-0.2, 0) is 11.3 Å². The highest BCUT2D eigenvalue weighted by Crippen LogP contribution is 2.17. The molecule has 0 unspecified atom stereocenters. The van der Waals surface area contributed by atoms with Crippen molar-refractivity contribution in [3.8, 4) is 0 Å². The molecule has 0 amide bonds. The van der Waals surface area contributed by atoms with E-state index >= 15 is 0 Å². The second-order valence-electron chi connectivity index (χ2n) is 4.18. The summed E-state index contributed by atoms with van der Waals surface area (Å²) < 4.78 is 19.2. The van der Waals surface area contributed by atoms with Gasteiger partial charge in [-0.2, -0.15) is 0 Å². The molecule has 0 aliphatic carbocycles. The zero-order valence-electron chi connectivity index (χ0n) is 8.60. The lowest BCUT2D eigenvalue weighted by Crippen LogP contribution is -2.18. The molecule has 78 valence electrons. The van der Waals surface area contributed by atoms with E-state index in [-0.39, 0.29) is 11.4 Å². The molecule has 0 atom stereocenters. The van der Waals surface area contributed by atoms with Gasteiger partial charge in [0.1, 0.15) is 5.82 Å². The fraction of sp³-hybridized carbons (Fsp3) is 0.455. The van der Waals surface area contributed by atoms with Crippen molar-refractivity contribution < 1.29 is 9.13 Å². The molecule has 0 N–H and O–H groups in total. The molecular formula is C11H14BrFO. The molecule has 0 bridgehead atoms. The SMILES string of the molecule is CC(C)(C)OCc1cc(F)cc(Br)c1. The number of ether oxygens (including phenoxy) is 1. The van der Waals surface area contributed by atoms with E-state index in [9.17, 15) is 4.39 Å². The molecule has 0 saturated heterocycles. The molecule has 0 heterocycles. The van der Waals surface area contributed by atoms with E-state index in [1.165, 1.54) is 12.1 Å². The van der Waals surface area contributed by atoms with Crippen LogP contribution in [-0.4, -0.2) is 5.60 Å². The fourth-order valence-electron chi connectivity index (χ4n) is 0.994. The number of hydrogen-bond donors (Lipinski definition) is 0. The summed E-state index contributed by atoms with van der Waals surface area (Å²) >= 11 is 3.24. The van der Waals surface area contributed by atoms with E-state index in [1.807, 2.05) is 26.8 Å². The van der Waals surface area contributed by atoms with Crippen molar-refractivity contribution in [2.24, 2.45) is 0 Å². The molecule has 0 radical (unpaired) electrons. The molecule has 0 aromatic heterocycles. The quantitative estimate of drug-likeness (QED) is 0.784. The fourth-order valence-corrected chi connectivity index (χ4v) is 1.51. The maximum absolute atomic E-state index is 13.0. The van der Waals surface area contributed by atoms with Gasteiger partial charge in [-0.25, -0.2) is 4.39 Å². The first kappa shape index (κ1) is 11.7. The Balaban J connectivity index is 2.68. The first-order valence-corrected chi connectivity index (χ1v) is 5.25. The van der Waals surface area contributed by atoms with Crippen molar-refractivity contribution in [3.05, 3.63) is 34.1 Å². The van der Waals surface area contributed by atoms with Crippen molar-refractivity contribution in [1.29, 1.82) is 0 Å². The molecule has 0 aliphatic heterocycles. The molecule has 1 rings (SSSR count). The van der Waals surface area contributed by atoms with Crippen LogP contribution >= 0.6 is 15.9 Å². The van der Waals surface area contributed by atoms with Gasteiger partial charge in [0.25, 0.3) is 0 Å². The van der Waals surface area contributed by atoms with Crippen LogP contribution < -0.4 is 0 Å². The monoisotopic (exact) mass is 260 g/mol. The first-order chi connectivity index (χ1) is 6.37.